The molecule has 0 bridgehead atoms. The lowest BCUT2D eigenvalue weighted by atomic mass is 10.2. The SMILES string of the molecule is Cn1nc(NC(=O)OC(C)(C)C)c(I)c1C=O. The minimum absolute atomic E-state index is 0.324. The van der Waals surface area contributed by atoms with E-state index in [1.165, 1.54) is 4.68 Å². The fourth-order valence-electron chi connectivity index (χ4n) is 1.12. The summed E-state index contributed by atoms with van der Waals surface area (Å²) >= 11 is 1.95. The first-order valence-corrected chi connectivity index (χ1v) is 6.00. The van der Waals surface area contributed by atoms with Gasteiger partial charge in [0.05, 0.1) is 3.57 Å². The van der Waals surface area contributed by atoms with Crippen molar-refractivity contribution in [1.82, 2.24) is 9.78 Å². The van der Waals surface area contributed by atoms with Crippen molar-refractivity contribution in [1.29, 1.82) is 0 Å². The molecule has 1 rings (SSSR count). The van der Waals surface area contributed by atoms with Crippen LogP contribution in [-0.2, 0) is 11.8 Å². The predicted molar refractivity (Wildman–Crippen MR) is 71.2 cm³/mol. The summed E-state index contributed by atoms with van der Waals surface area (Å²) in [6, 6.07) is 0. The third-order valence-corrected chi connectivity index (χ3v) is 2.83. The molecule has 0 saturated heterocycles. The fraction of sp³-hybridized carbons (Fsp3) is 0.500. The topological polar surface area (TPSA) is 73.2 Å². The molecule has 17 heavy (non-hydrogen) atoms. The molecule has 7 heteroatoms. The molecule has 0 unspecified atom stereocenters. The third-order valence-electron chi connectivity index (χ3n) is 1.76. The number of aldehydes is 1. The van der Waals surface area contributed by atoms with Crippen molar-refractivity contribution in [2.45, 2.75) is 26.4 Å². The van der Waals surface area contributed by atoms with E-state index < -0.39 is 11.7 Å². The Hall–Kier alpha value is -1.12. The van der Waals surface area contributed by atoms with Crippen LogP contribution in [0.5, 0.6) is 0 Å². The molecule has 0 radical (unpaired) electrons. The number of aryl methyl sites for hydroxylation is 1. The normalized spacial score (nSPS) is 11.1. The maximum Gasteiger partial charge on any atom is 0.413 e. The fourth-order valence-corrected chi connectivity index (χ4v) is 1.84. The second-order valence-corrected chi connectivity index (χ2v) is 5.49. The number of carbonyl (C=O) groups excluding carboxylic acids is 2. The summed E-state index contributed by atoms with van der Waals surface area (Å²) in [5, 5.41) is 6.52. The third kappa shape index (κ3) is 3.69. The van der Waals surface area contributed by atoms with E-state index in [0.29, 0.717) is 21.4 Å². The highest BCUT2D eigenvalue weighted by molar-refractivity contribution is 14.1. The molecule has 1 amide bonds. The molecule has 0 aliphatic rings. The van der Waals surface area contributed by atoms with Gasteiger partial charge in [0.1, 0.15) is 11.3 Å². The maximum atomic E-state index is 11.5. The second-order valence-electron chi connectivity index (χ2n) is 4.42. The summed E-state index contributed by atoms with van der Waals surface area (Å²) in [6.45, 7) is 5.31. The lowest BCUT2D eigenvalue weighted by Gasteiger charge is -2.19. The molecule has 0 aliphatic carbocycles. The number of rotatable bonds is 2. The smallest absolute Gasteiger partial charge is 0.413 e. The van der Waals surface area contributed by atoms with Crippen molar-refractivity contribution < 1.29 is 14.3 Å². The van der Waals surface area contributed by atoms with Gasteiger partial charge in [0.15, 0.2) is 12.1 Å². The first kappa shape index (κ1) is 13.9. The van der Waals surface area contributed by atoms with Crippen LogP contribution < -0.4 is 5.32 Å². The van der Waals surface area contributed by atoms with Crippen molar-refractivity contribution in [2.75, 3.05) is 5.32 Å². The Kier molecular flexibility index (Phi) is 4.12. The molecule has 1 N–H and O–H groups in total. The Morgan fingerprint density at radius 1 is 1.53 bits per heavy atom. The largest absolute Gasteiger partial charge is 0.444 e. The van der Waals surface area contributed by atoms with Crippen LogP contribution in [0.4, 0.5) is 10.6 Å². The van der Waals surface area contributed by atoms with Gasteiger partial charge in [-0.2, -0.15) is 5.10 Å². The highest BCUT2D eigenvalue weighted by atomic mass is 127. The molecule has 0 fully saturated rings. The van der Waals surface area contributed by atoms with E-state index in [1.54, 1.807) is 27.8 Å². The number of aromatic nitrogens is 2. The van der Waals surface area contributed by atoms with E-state index in [4.69, 9.17) is 4.74 Å². The number of anilines is 1. The van der Waals surface area contributed by atoms with Gasteiger partial charge in [-0.15, -0.1) is 0 Å². The molecule has 0 atom stereocenters. The monoisotopic (exact) mass is 351 g/mol. The number of carbonyl (C=O) groups is 2. The molecule has 1 heterocycles. The highest BCUT2D eigenvalue weighted by Crippen LogP contribution is 2.20. The van der Waals surface area contributed by atoms with E-state index >= 15 is 0 Å². The van der Waals surface area contributed by atoms with Crippen LogP contribution >= 0.6 is 22.6 Å². The molecule has 94 valence electrons. The van der Waals surface area contributed by atoms with Gasteiger partial charge < -0.3 is 4.74 Å². The number of nitrogens with one attached hydrogen (secondary N) is 1. The van der Waals surface area contributed by atoms with Crippen LogP contribution in [0, 0.1) is 3.57 Å². The summed E-state index contributed by atoms with van der Waals surface area (Å²) in [4.78, 5) is 22.3. The average molecular weight is 351 g/mol. The van der Waals surface area contributed by atoms with Gasteiger partial charge in [-0.3, -0.25) is 14.8 Å². The standard InChI is InChI=1S/C10H14IN3O3/c1-10(2,3)17-9(16)12-8-7(11)6(5-15)14(4)13-8/h5H,1-4H3,(H,12,13,16). The summed E-state index contributed by atoms with van der Waals surface area (Å²) in [6.07, 6.45) is 0.0978. The van der Waals surface area contributed by atoms with Gasteiger partial charge in [0.25, 0.3) is 0 Å². The van der Waals surface area contributed by atoms with E-state index in [9.17, 15) is 9.59 Å². The summed E-state index contributed by atoms with van der Waals surface area (Å²) in [7, 11) is 1.63. The van der Waals surface area contributed by atoms with Gasteiger partial charge in [-0.1, -0.05) is 0 Å². The molecule has 1 aromatic heterocycles. The Labute approximate surface area is 113 Å². The van der Waals surface area contributed by atoms with Crippen molar-refractivity contribution >= 4 is 40.8 Å². The van der Waals surface area contributed by atoms with Crippen LogP contribution in [0.1, 0.15) is 31.3 Å². The zero-order valence-corrected chi connectivity index (χ0v) is 12.2. The van der Waals surface area contributed by atoms with Crippen molar-refractivity contribution in [3.63, 3.8) is 0 Å². The van der Waals surface area contributed by atoms with Crippen molar-refractivity contribution in [2.24, 2.45) is 7.05 Å². The minimum Gasteiger partial charge on any atom is -0.444 e. The van der Waals surface area contributed by atoms with Crippen molar-refractivity contribution in [3.8, 4) is 0 Å². The Morgan fingerprint density at radius 3 is 2.53 bits per heavy atom. The Balaban J connectivity index is 2.83. The lowest BCUT2D eigenvalue weighted by Crippen LogP contribution is -2.27. The quantitative estimate of drug-likeness (QED) is 0.655. The van der Waals surface area contributed by atoms with Gasteiger partial charge >= 0.3 is 6.09 Å². The zero-order valence-electron chi connectivity index (χ0n) is 10.1. The average Bonchev–Trinajstić information content (AvgIpc) is 2.38. The van der Waals surface area contributed by atoms with Crippen LogP contribution in [0.25, 0.3) is 0 Å². The van der Waals surface area contributed by atoms with E-state index in [0.717, 1.165) is 0 Å². The summed E-state index contributed by atoms with van der Waals surface area (Å²) in [5.74, 6) is 0.324. The van der Waals surface area contributed by atoms with Gasteiger partial charge in [-0.05, 0) is 43.4 Å². The number of nitrogens with zero attached hydrogens (tertiary/aromatic N) is 2. The number of halogens is 1. The van der Waals surface area contributed by atoms with Gasteiger partial charge in [0, 0.05) is 7.05 Å². The second kappa shape index (κ2) is 5.03. The predicted octanol–water partition coefficient (Wildman–Crippen LogP) is 2.18. The molecular formula is C10H14IN3O3. The van der Waals surface area contributed by atoms with Crippen LogP contribution in [0.3, 0.4) is 0 Å². The molecule has 0 aliphatic heterocycles. The number of amides is 1. The summed E-state index contributed by atoms with van der Waals surface area (Å²) < 4.78 is 7.08. The van der Waals surface area contributed by atoms with Gasteiger partial charge in [-0.25, -0.2) is 4.79 Å². The summed E-state index contributed by atoms with van der Waals surface area (Å²) in [5.41, 5.74) is -0.158. The molecular weight excluding hydrogens is 337 g/mol. The van der Waals surface area contributed by atoms with Crippen molar-refractivity contribution in [3.05, 3.63) is 9.26 Å². The highest BCUT2D eigenvalue weighted by Gasteiger charge is 2.20. The van der Waals surface area contributed by atoms with Crippen LogP contribution in [0.15, 0.2) is 0 Å². The van der Waals surface area contributed by atoms with E-state index in [2.05, 4.69) is 10.4 Å². The van der Waals surface area contributed by atoms with E-state index in [-0.39, 0.29) is 0 Å². The minimum atomic E-state index is -0.592. The van der Waals surface area contributed by atoms with Crippen LogP contribution in [-0.4, -0.2) is 27.8 Å². The number of hydrogen-bond acceptors (Lipinski definition) is 4. The first-order chi connectivity index (χ1) is 7.74. The zero-order chi connectivity index (χ0) is 13.2. The van der Waals surface area contributed by atoms with Gasteiger partial charge in [0.2, 0.25) is 0 Å². The van der Waals surface area contributed by atoms with Crippen LogP contribution in [0.2, 0.25) is 0 Å². The lowest BCUT2D eigenvalue weighted by molar-refractivity contribution is 0.0635. The molecule has 0 spiro atoms. The molecule has 0 aromatic carbocycles. The first-order valence-electron chi connectivity index (χ1n) is 4.92. The number of ether oxygens (including phenoxy) is 1. The maximum absolute atomic E-state index is 11.5. The molecule has 6 nitrogen and oxygen atoms in total. The number of hydrogen-bond donors (Lipinski definition) is 1. The Bertz CT molecular complexity index is 448. The molecule has 1 aromatic rings. The molecule has 0 saturated carbocycles. The Morgan fingerprint density at radius 2 is 2.12 bits per heavy atom. The van der Waals surface area contributed by atoms with E-state index in [1.807, 2.05) is 22.6 Å².